The van der Waals surface area contributed by atoms with E-state index < -0.39 is 23.8 Å². The van der Waals surface area contributed by atoms with Crippen LogP contribution in [0.25, 0.3) is 0 Å². The lowest BCUT2D eigenvalue weighted by Gasteiger charge is -1.95. The molecule has 6 nitrogen and oxygen atoms in total. The van der Waals surface area contributed by atoms with Crippen LogP contribution in [0.1, 0.15) is 22.4 Å². The molecule has 0 amide bonds. The van der Waals surface area contributed by atoms with E-state index in [4.69, 9.17) is 10.2 Å². The van der Waals surface area contributed by atoms with E-state index >= 15 is 0 Å². The largest absolute Gasteiger partial charge is 0.479 e. The Morgan fingerprint density at radius 3 is 2.54 bits per heavy atom. The molecule has 3 N–H and O–H groups in total. The molecule has 0 aliphatic rings. The first-order valence-corrected chi connectivity index (χ1v) is 3.18. The molecule has 7 heteroatoms. The normalized spacial score (nSPS) is 12.4. The van der Waals surface area contributed by atoms with Crippen LogP contribution in [0.2, 0.25) is 0 Å². The van der Waals surface area contributed by atoms with Crippen molar-refractivity contribution < 1.29 is 24.2 Å². The minimum Gasteiger partial charge on any atom is -0.479 e. The summed E-state index contributed by atoms with van der Waals surface area (Å²) in [6.45, 7) is 0. The van der Waals surface area contributed by atoms with E-state index in [-0.39, 0.29) is 5.69 Å². The number of carbonyl (C=O) groups is 2. The summed E-state index contributed by atoms with van der Waals surface area (Å²) in [5, 5.41) is 21.8. The average molecular weight is 188 g/mol. The fourth-order valence-electron chi connectivity index (χ4n) is 0.709. The Morgan fingerprint density at radius 1 is 1.54 bits per heavy atom. The molecule has 1 aromatic heterocycles. The SMILES string of the molecule is O=C(O)c1cc(C(F)C(=O)O)[nH]n1. The number of rotatable bonds is 3. The van der Waals surface area contributed by atoms with Gasteiger partial charge in [0.2, 0.25) is 6.17 Å². The maximum atomic E-state index is 12.7. The number of H-pyrrole nitrogens is 1. The quantitative estimate of drug-likeness (QED) is 0.628. The predicted molar refractivity (Wildman–Crippen MR) is 37.0 cm³/mol. The van der Waals surface area contributed by atoms with Crippen LogP contribution >= 0.6 is 0 Å². The fraction of sp³-hybridized carbons (Fsp3) is 0.167. The lowest BCUT2D eigenvalue weighted by Crippen LogP contribution is -2.06. The molecule has 0 saturated carbocycles. The number of aromatic carboxylic acids is 1. The molecule has 1 rings (SSSR count). The van der Waals surface area contributed by atoms with Gasteiger partial charge < -0.3 is 10.2 Å². The molecule has 1 heterocycles. The standard InChI is InChI=1S/C6H5FN2O4/c7-4(6(12)13)2-1-3(5(10)11)9-8-2/h1,4H,(H,8,9)(H,10,11)(H,12,13). The molecule has 0 bridgehead atoms. The van der Waals surface area contributed by atoms with Crippen molar-refractivity contribution in [3.8, 4) is 0 Å². The third-order valence-electron chi connectivity index (χ3n) is 1.31. The molecule has 0 saturated heterocycles. The number of aromatic nitrogens is 2. The van der Waals surface area contributed by atoms with Gasteiger partial charge in [0, 0.05) is 0 Å². The maximum Gasteiger partial charge on any atom is 0.356 e. The van der Waals surface area contributed by atoms with Gasteiger partial charge in [-0.05, 0) is 6.07 Å². The number of hydrogen-bond donors (Lipinski definition) is 3. The molecule has 0 aliphatic heterocycles. The molecule has 0 fully saturated rings. The monoisotopic (exact) mass is 188 g/mol. The van der Waals surface area contributed by atoms with E-state index in [1.165, 1.54) is 0 Å². The van der Waals surface area contributed by atoms with E-state index in [0.29, 0.717) is 0 Å². The predicted octanol–water partition coefficient (Wildman–Crippen LogP) is 0.203. The van der Waals surface area contributed by atoms with Crippen LogP contribution in [-0.2, 0) is 4.79 Å². The summed E-state index contributed by atoms with van der Waals surface area (Å²) in [7, 11) is 0. The van der Waals surface area contributed by atoms with Crippen molar-refractivity contribution in [3.05, 3.63) is 17.5 Å². The third kappa shape index (κ3) is 1.81. The van der Waals surface area contributed by atoms with Crippen molar-refractivity contribution in [1.29, 1.82) is 0 Å². The van der Waals surface area contributed by atoms with Gasteiger partial charge >= 0.3 is 11.9 Å². The van der Waals surface area contributed by atoms with Gasteiger partial charge in [0.1, 0.15) is 0 Å². The van der Waals surface area contributed by atoms with Crippen molar-refractivity contribution in [3.63, 3.8) is 0 Å². The zero-order valence-electron chi connectivity index (χ0n) is 6.19. The Morgan fingerprint density at radius 2 is 2.15 bits per heavy atom. The van der Waals surface area contributed by atoms with Crippen LogP contribution in [0.5, 0.6) is 0 Å². The second-order valence-electron chi connectivity index (χ2n) is 2.21. The van der Waals surface area contributed by atoms with Gasteiger partial charge in [-0.3, -0.25) is 5.10 Å². The maximum absolute atomic E-state index is 12.7. The number of aromatic amines is 1. The van der Waals surface area contributed by atoms with Crippen LogP contribution in [-0.4, -0.2) is 32.3 Å². The number of alkyl halides is 1. The number of carboxylic acids is 2. The molecule has 1 aromatic rings. The van der Waals surface area contributed by atoms with Gasteiger partial charge in [0.05, 0.1) is 5.69 Å². The summed E-state index contributed by atoms with van der Waals surface area (Å²) in [5.74, 6) is -3.04. The Bertz CT molecular complexity index is 348. The first kappa shape index (κ1) is 9.17. The zero-order chi connectivity index (χ0) is 10.0. The van der Waals surface area contributed by atoms with Crippen LogP contribution in [0.3, 0.4) is 0 Å². The number of nitrogens with one attached hydrogen (secondary N) is 1. The second-order valence-corrected chi connectivity index (χ2v) is 2.21. The molecular weight excluding hydrogens is 183 g/mol. The summed E-state index contributed by atoms with van der Waals surface area (Å²) in [6.07, 6.45) is -2.28. The fourth-order valence-corrected chi connectivity index (χ4v) is 0.709. The van der Waals surface area contributed by atoms with Crippen LogP contribution in [0, 0.1) is 0 Å². The molecule has 0 spiro atoms. The van der Waals surface area contributed by atoms with Crippen LogP contribution < -0.4 is 0 Å². The highest BCUT2D eigenvalue weighted by Crippen LogP contribution is 2.15. The lowest BCUT2D eigenvalue weighted by molar-refractivity contribution is -0.143. The third-order valence-corrected chi connectivity index (χ3v) is 1.31. The van der Waals surface area contributed by atoms with Crippen molar-refractivity contribution in [1.82, 2.24) is 10.2 Å². The van der Waals surface area contributed by atoms with Crippen molar-refractivity contribution in [2.45, 2.75) is 6.17 Å². The van der Waals surface area contributed by atoms with Gasteiger partial charge in [-0.1, -0.05) is 0 Å². The van der Waals surface area contributed by atoms with E-state index in [9.17, 15) is 14.0 Å². The van der Waals surface area contributed by atoms with E-state index in [0.717, 1.165) is 6.07 Å². The molecule has 70 valence electrons. The minimum atomic E-state index is -2.28. The Balaban J connectivity index is 2.91. The number of aliphatic carboxylic acids is 1. The number of hydrogen-bond acceptors (Lipinski definition) is 3. The molecular formula is C6H5FN2O4. The Labute approximate surface area is 71.0 Å². The van der Waals surface area contributed by atoms with Crippen molar-refractivity contribution in [2.75, 3.05) is 0 Å². The molecule has 0 radical (unpaired) electrons. The number of halogens is 1. The Hall–Kier alpha value is -1.92. The molecule has 0 aliphatic carbocycles. The van der Waals surface area contributed by atoms with Crippen molar-refractivity contribution in [2.24, 2.45) is 0 Å². The van der Waals surface area contributed by atoms with Gasteiger partial charge in [-0.25, -0.2) is 14.0 Å². The molecule has 0 aromatic carbocycles. The van der Waals surface area contributed by atoms with Gasteiger partial charge in [-0.15, -0.1) is 0 Å². The molecule has 1 unspecified atom stereocenters. The smallest absolute Gasteiger partial charge is 0.356 e. The van der Waals surface area contributed by atoms with Gasteiger partial charge in [0.25, 0.3) is 0 Å². The number of nitrogens with zero attached hydrogens (tertiary/aromatic N) is 1. The first-order valence-electron chi connectivity index (χ1n) is 3.18. The first-order chi connectivity index (χ1) is 6.02. The van der Waals surface area contributed by atoms with Crippen molar-refractivity contribution >= 4 is 11.9 Å². The summed E-state index contributed by atoms with van der Waals surface area (Å²) < 4.78 is 12.7. The van der Waals surface area contributed by atoms with Crippen LogP contribution in [0.15, 0.2) is 6.07 Å². The van der Waals surface area contributed by atoms with Crippen LogP contribution in [0.4, 0.5) is 4.39 Å². The average Bonchev–Trinajstić information content (AvgIpc) is 2.50. The Kier molecular flexibility index (Phi) is 2.27. The highest BCUT2D eigenvalue weighted by Gasteiger charge is 2.22. The minimum absolute atomic E-state index is 0.384. The second kappa shape index (κ2) is 3.21. The zero-order valence-corrected chi connectivity index (χ0v) is 6.19. The van der Waals surface area contributed by atoms with E-state index in [1.807, 2.05) is 5.10 Å². The summed E-state index contributed by atoms with van der Waals surface area (Å²) in [6, 6.07) is 0.834. The lowest BCUT2D eigenvalue weighted by atomic mass is 10.2. The summed E-state index contributed by atoms with van der Waals surface area (Å²) in [4.78, 5) is 20.4. The van der Waals surface area contributed by atoms with Gasteiger partial charge in [-0.2, -0.15) is 5.10 Å². The highest BCUT2D eigenvalue weighted by atomic mass is 19.1. The summed E-state index contributed by atoms with van der Waals surface area (Å²) in [5.41, 5.74) is -0.802. The highest BCUT2D eigenvalue weighted by molar-refractivity contribution is 5.85. The van der Waals surface area contributed by atoms with Gasteiger partial charge in [0.15, 0.2) is 5.69 Å². The summed E-state index contributed by atoms with van der Waals surface area (Å²) >= 11 is 0. The molecule has 13 heavy (non-hydrogen) atoms. The topological polar surface area (TPSA) is 103 Å². The van der Waals surface area contributed by atoms with E-state index in [2.05, 4.69) is 5.10 Å². The molecule has 1 atom stereocenters. The number of carboxylic acid groups (broad SMARTS) is 2. The van der Waals surface area contributed by atoms with E-state index in [1.54, 1.807) is 0 Å².